The fourth-order valence-electron chi connectivity index (χ4n) is 2.62. The highest BCUT2D eigenvalue weighted by molar-refractivity contribution is 5.81. The summed E-state index contributed by atoms with van der Waals surface area (Å²) in [4.78, 5) is 13.9. The van der Waals surface area contributed by atoms with Crippen LogP contribution in [0.15, 0.2) is 30.4 Å². The van der Waals surface area contributed by atoms with Gasteiger partial charge in [0.25, 0.3) is 0 Å². The van der Waals surface area contributed by atoms with Crippen LogP contribution in [0, 0.1) is 19.8 Å². The zero-order valence-corrected chi connectivity index (χ0v) is 13.0. The molecular weight excluding hydrogens is 264 g/mol. The predicted octanol–water partition coefficient (Wildman–Crippen LogP) is 2.04. The van der Waals surface area contributed by atoms with Gasteiger partial charge in [0.05, 0.1) is 12.5 Å². The first-order valence-corrected chi connectivity index (χ1v) is 7.35. The number of aryl methyl sites for hydroxylation is 2. The van der Waals surface area contributed by atoms with Crippen LogP contribution < -0.4 is 10.5 Å². The molecular formula is C17H24N2O2. The van der Waals surface area contributed by atoms with E-state index < -0.39 is 0 Å². The molecule has 0 fully saturated rings. The number of amides is 1. The van der Waals surface area contributed by atoms with Crippen LogP contribution in [0.1, 0.15) is 17.5 Å². The lowest BCUT2D eigenvalue weighted by molar-refractivity contribution is -0.133. The van der Waals surface area contributed by atoms with E-state index in [1.807, 2.05) is 45.2 Å². The number of carbonyl (C=O) groups is 1. The summed E-state index contributed by atoms with van der Waals surface area (Å²) >= 11 is 0. The molecule has 0 aliphatic heterocycles. The molecule has 4 nitrogen and oxygen atoms in total. The fraction of sp³-hybridized carbons (Fsp3) is 0.471. The maximum Gasteiger partial charge on any atom is 0.229 e. The lowest BCUT2D eigenvalue weighted by Gasteiger charge is -2.21. The lowest BCUT2D eigenvalue weighted by atomic mass is 10.1. The van der Waals surface area contributed by atoms with E-state index in [1.165, 1.54) is 11.1 Å². The van der Waals surface area contributed by atoms with Gasteiger partial charge in [-0.1, -0.05) is 18.2 Å². The Morgan fingerprint density at radius 2 is 1.95 bits per heavy atom. The number of ether oxygens (including phenoxy) is 1. The number of likely N-dealkylation sites (N-methyl/N-ethyl adjacent to an activating group) is 1. The Balaban J connectivity index is 1.80. The van der Waals surface area contributed by atoms with Crippen molar-refractivity contribution in [1.29, 1.82) is 0 Å². The molecule has 2 rings (SSSR count). The second-order valence-electron chi connectivity index (χ2n) is 5.82. The summed E-state index contributed by atoms with van der Waals surface area (Å²) in [5.41, 5.74) is 8.15. The van der Waals surface area contributed by atoms with E-state index in [-0.39, 0.29) is 17.9 Å². The van der Waals surface area contributed by atoms with Gasteiger partial charge >= 0.3 is 0 Å². The molecule has 4 heteroatoms. The van der Waals surface area contributed by atoms with Crippen LogP contribution in [0.2, 0.25) is 0 Å². The Kier molecular flexibility index (Phi) is 5.02. The fourth-order valence-corrected chi connectivity index (χ4v) is 2.62. The number of hydrogen-bond donors (Lipinski definition) is 1. The highest BCUT2D eigenvalue weighted by atomic mass is 16.5. The van der Waals surface area contributed by atoms with Gasteiger partial charge in [-0.25, -0.2) is 0 Å². The highest BCUT2D eigenvalue weighted by Crippen LogP contribution is 2.19. The SMILES string of the molecule is Cc1cc(C)cc(OCCN(C)C(=O)C2C=CC(N)C2)c1. The van der Waals surface area contributed by atoms with Gasteiger partial charge in [-0.15, -0.1) is 0 Å². The molecule has 1 amide bonds. The maximum atomic E-state index is 12.2. The summed E-state index contributed by atoms with van der Waals surface area (Å²) in [6, 6.07) is 6.14. The summed E-state index contributed by atoms with van der Waals surface area (Å²) < 4.78 is 5.74. The Bertz CT molecular complexity index is 519. The molecule has 2 atom stereocenters. The Morgan fingerprint density at radius 1 is 1.29 bits per heavy atom. The molecule has 1 aromatic rings. The largest absolute Gasteiger partial charge is 0.492 e. The summed E-state index contributed by atoms with van der Waals surface area (Å²) in [7, 11) is 1.81. The van der Waals surface area contributed by atoms with Crippen LogP contribution in [0.4, 0.5) is 0 Å². The van der Waals surface area contributed by atoms with Crippen LogP contribution in [0.25, 0.3) is 0 Å². The van der Waals surface area contributed by atoms with Crippen molar-refractivity contribution < 1.29 is 9.53 Å². The second kappa shape index (κ2) is 6.76. The zero-order chi connectivity index (χ0) is 15.4. The van der Waals surface area contributed by atoms with Crippen molar-refractivity contribution in [3.05, 3.63) is 41.5 Å². The van der Waals surface area contributed by atoms with Crippen LogP contribution in [0.5, 0.6) is 5.75 Å². The van der Waals surface area contributed by atoms with Crippen molar-refractivity contribution in [2.75, 3.05) is 20.2 Å². The predicted molar refractivity (Wildman–Crippen MR) is 84.3 cm³/mol. The third-order valence-electron chi connectivity index (χ3n) is 3.70. The van der Waals surface area contributed by atoms with Crippen molar-refractivity contribution >= 4 is 5.91 Å². The van der Waals surface area contributed by atoms with E-state index in [1.54, 1.807) is 4.90 Å². The van der Waals surface area contributed by atoms with E-state index in [0.29, 0.717) is 19.6 Å². The minimum atomic E-state index is -0.0776. The quantitative estimate of drug-likeness (QED) is 0.844. The molecule has 0 bridgehead atoms. The van der Waals surface area contributed by atoms with Crippen molar-refractivity contribution in [2.45, 2.75) is 26.3 Å². The molecule has 1 aliphatic rings. The lowest BCUT2D eigenvalue weighted by Crippen LogP contribution is -2.35. The molecule has 0 spiro atoms. The van der Waals surface area contributed by atoms with Gasteiger partial charge in [0, 0.05) is 13.1 Å². The minimum absolute atomic E-state index is 0.0128. The van der Waals surface area contributed by atoms with Gasteiger partial charge in [0.15, 0.2) is 0 Å². The first kappa shape index (κ1) is 15.6. The smallest absolute Gasteiger partial charge is 0.229 e. The minimum Gasteiger partial charge on any atom is -0.492 e. The summed E-state index contributed by atoms with van der Waals surface area (Å²) in [5.74, 6) is 0.894. The maximum absolute atomic E-state index is 12.2. The molecule has 0 radical (unpaired) electrons. The molecule has 114 valence electrons. The van der Waals surface area contributed by atoms with E-state index in [0.717, 1.165) is 5.75 Å². The molecule has 0 aromatic heterocycles. The van der Waals surface area contributed by atoms with Gasteiger partial charge in [0.2, 0.25) is 5.91 Å². The average Bonchev–Trinajstić information content (AvgIpc) is 2.83. The van der Waals surface area contributed by atoms with Crippen LogP contribution in [-0.4, -0.2) is 37.0 Å². The van der Waals surface area contributed by atoms with Gasteiger partial charge in [-0.2, -0.15) is 0 Å². The normalized spacial score (nSPS) is 20.6. The first-order valence-electron chi connectivity index (χ1n) is 7.35. The van der Waals surface area contributed by atoms with E-state index in [9.17, 15) is 4.79 Å². The van der Waals surface area contributed by atoms with Crippen molar-refractivity contribution in [3.63, 3.8) is 0 Å². The topological polar surface area (TPSA) is 55.6 Å². The highest BCUT2D eigenvalue weighted by Gasteiger charge is 2.25. The van der Waals surface area contributed by atoms with Gasteiger partial charge in [0.1, 0.15) is 12.4 Å². The van der Waals surface area contributed by atoms with Crippen LogP contribution >= 0.6 is 0 Å². The van der Waals surface area contributed by atoms with Gasteiger partial charge in [-0.3, -0.25) is 4.79 Å². The molecule has 2 N–H and O–H groups in total. The summed E-state index contributed by atoms with van der Waals surface area (Å²) in [6.07, 6.45) is 4.53. The molecule has 0 heterocycles. The molecule has 0 saturated heterocycles. The van der Waals surface area contributed by atoms with Gasteiger partial charge in [-0.05, 0) is 43.5 Å². The first-order chi connectivity index (χ1) is 9.95. The molecule has 1 aliphatic carbocycles. The third-order valence-corrected chi connectivity index (χ3v) is 3.70. The van der Waals surface area contributed by atoms with Crippen molar-refractivity contribution in [2.24, 2.45) is 11.7 Å². The van der Waals surface area contributed by atoms with Crippen LogP contribution in [0.3, 0.4) is 0 Å². The number of benzene rings is 1. The van der Waals surface area contributed by atoms with Gasteiger partial charge < -0.3 is 15.4 Å². The standard InChI is InChI=1S/C17H24N2O2/c1-12-8-13(2)10-16(9-12)21-7-6-19(3)17(20)14-4-5-15(18)11-14/h4-5,8-10,14-15H,6-7,11,18H2,1-3H3. The number of nitrogens with two attached hydrogens (primary N) is 1. The molecule has 1 aromatic carbocycles. The third kappa shape index (κ3) is 4.33. The Labute approximate surface area is 126 Å². The van der Waals surface area contributed by atoms with Crippen molar-refractivity contribution in [3.8, 4) is 5.75 Å². The van der Waals surface area contributed by atoms with Crippen molar-refractivity contribution in [1.82, 2.24) is 4.90 Å². The monoisotopic (exact) mass is 288 g/mol. The van der Waals surface area contributed by atoms with E-state index in [2.05, 4.69) is 6.07 Å². The van der Waals surface area contributed by atoms with Crippen LogP contribution in [-0.2, 0) is 4.79 Å². The van der Waals surface area contributed by atoms with E-state index >= 15 is 0 Å². The molecule has 2 unspecified atom stereocenters. The second-order valence-corrected chi connectivity index (χ2v) is 5.82. The molecule has 0 saturated carbocycles. The number of hydrogen-bond acceptors (Lipinski definition) is 3. The number of nitrogens with zero attached hydrogens (tertiary/aromatic N) is 1. The Morgan fingerprint density at radius 3 is 2.52 bits per heavy atom. The summed E-state index contributed by atoms with van der Waals surface area (Å²) in [6.45, 7) is 5.16. The molecule has 21 heavy (non-hydrogen) atoms. The number of carbonyl (C=O) groups excluding carboxylic acids is 1. The average molecular weight is 288 g/mol. The number of rotatable bonds is 5. The summed E-state index contributed by atoms with van der Waals surface area (Å²) in [5, 5.41) is 0. The Hall–Kier alpha value is -1.81. The van der Waals surface area contributed by atoms with E-state index in [4.69, 9.17) is 10.5 Å². The zero-order valence-electron chi connectivity index (χ0n) is 13.0.